The Morgan fingerprint density at radius 2 is 1.82 bits per heavy atom. The molecular formula is C25H23N7O. The summed E-state index contributed by atoms with van der Waals surface area (Å²) >= 11 is 0. The molecule has 2 aromatic carbocycles. The molecule has 0 unspecified atom stereocenters. The van der Waals surface area contributed by atoms with Gasteiger partial charge in [0, 0.05) is 30.9 Å². The van der Waals surface area contributed by atoms with Crippen molar-refractivity contribution in [1.82, 2.24) is 35.2 Å². The molecule has 0 spiro atoms. The summed E-state index contributed by atoms with van der Waals surface area (Å²) in [7, 11) is 0. The summed E-state index contributed by atoms with van der Waals surface area (Å²) in [6.45, 7) is 2.76. The van der Waals surface area contributed by atoms with Gasteiger partial charge in [-0.25, -0.2) is 0 Å². The Labute approximate surface area is 190 Å². The second-order valence-corrected chi connectivity index (χ2v) is 7.89. The van der Waals surface area contributed by atoms with Crippen molar-refractivity contribution in [3.63, 3.8) is 0 Å². The molecule has 0 aliphatic heterocycles. The van der Waals surface area contributed by atoms with E-state index in [2.05, 4.69) is 72.4 Å². The first kappa shape index (κ1) is 20.7. The van der Waals surface area contributed by atoms with Crippen molar-refractivity contribution in [3.8, 4) is 22.5 Å². The molecule has 0 fully saturated rings. The number of pyridine rings is 1. The third kappa shape index (κ3) is 4.15. The van der Waals surface area contributed by atoms with E-state index in [-0.39, 0.29) is 5.56 Å². The van der Waals surface area contributed by atoms with Gasteiger partial charge in [-0.2, -0.15) is 10.2 Å². The molecule has 33 heavy (non-hydrogen) atoms. The molecule has 0 atom stereocenters. The van der Waals surface area contributed by atoms with E-state index in [9.17, 15) is 4.79 Å². The lowest BCUT2D eigenvalue weighted by molar-refractivity contribution is 0.669. The van der Waals surface area contributed by atoms with E-state index in [0.717, 1.165) is 52.9 Å². The number of benzene rings is 2. The molecule has 1 N–H and O–H groups in total. The van der Waals surface area contributed by atoms with Gasteiger partial charge in [-0.05, 0) is 34.4 Å². The lowest BCUT2D eigenvalue weighted by Crippen LogP contribution is -2.20. The molecule has 8 nitrogen and oxygen atoms in total. The maximum Gasteiger partial charge on any atom is 0.282 e. The van der Waals surface area contributed by atoms with E-state index in [1.165, 1.54) is 0 Å². The van der Waals surface area contributed by atoms with Crippen molar-refractivity contribution in [1.29, 1.82) is 0 Å². The molecule has 0 saturated carbocycles. The monoisotopic (exact) mass is 437 g/mol. The number of H-pyrrole nitrogens is 1. The maximum absolute atomic E-state index is 12.5. The Morgan fingerprint density at radius 3 is 2.58 bits per heavy atom. The molecule has 0 amide bonds. The van der Waals surface area contributed by atoms with E-state index in [1.807, 2.05) is 24.3 Å². The zero-order valence-electron chi connectivity index (χ0n) is 18.3. The van der Waals surface area contributed by atoms with Crippen LogP contribution in [-0.2, 0) is 13.0 Å². The summed E-state index contributed by atoms with van der Waals surface area (Å²) < 4.78 is 2.14. The molecule has 0 radical (unpaired) electrons. The number of unbranched alkanes of at least 4 members (excludes halogenated alkanes) is 1. The number of aromatic nitrogens is 7. The number of aromatic amines is 1. The summed E-state index contributed by atoms with van der Waals surface area (Å²) in [5, 5.41) is 15.0. The van der Waals surface area contributed by atoms with Crippen molar-refractivity contribution in [2.75, 3.05) is 0 Å². The quantitative estimate of drug-likeness (QED) is 0.412. The molecule has 8 heteroatoms. The van der Waals surface area contributed by atoms with Crippen LogP contribution in [0.4, 0.5) is 0 Å². The van der Waals surface area contributed by atoms with Gasteiger partial charge < -0.3 is 4.57 Å². The van der Waals surface area contributed by atoms with Crippen molar-refractivity contribution in [3.05, 3.63) is 88.7 Å². The van der Waals surface area contributed by atoms with Gasteiger partial charge in [-0.1, -0.05) is 61.9 Å². The first-order chi connectivity index (χ1) is 16.2. The number of hydrogen-bond donors (Lipinski definition) is 1. The highest BCUT2D eigenvalue weighted by Gasteiger charge is 2.13. The van der Waals surface area contributed by atoms with Crippen LogP contribution in [0, 0.1) is 0 Å². The Morgan fingerprint density at radius 1 is 1.00 bits per heavy atom. The summed E-state index contributed by atoms with van der Waals surface area (Å²) in [5.41, 5.74) is 4.80. The standard InChI is InChI=1S/C25H23N7O/c1-2-3-8-23-27-25(33)21-15-26-14-13-22(21)32(23)16-17-9-11-18(12-10-17)19-6-4-5-7-20(19)24-28-30-31-29-24/h4-7,9-15H,2-3,8,16H2,1H3,(H,28,29,30,31). The largest absolute Gasteiger partial charge is 0.324 e. The van der Waals surface area contributed by atoms with Crippen LogP contribution in [0.5, 0.6) is 0 Å². The second kappa shape index (κ2) is 9.12. The molecule has 0 bridgehead atoms. The fourth-order valence-corrected chi connectivity index (χ4v) is 4.04. The van der Waals surface area contributed by atoms with Crippen LogP contribution in [0.15, 0.2) is 71.8 Å². The van der Waals surface area contributed by atoms with Crippen LogP contribution in [0.3, 0.4) is 0 Å². The summed E-state index contributed by atoms with van der Waals surface area (Å²) in [6.07, 6.45) is 6.11. The fraction of sp³-hybridized carbons (Fsp3) is 0.200. The van der Waals surface area contributed by atoms with Crippen LogP contribution < -0.4 is 5.56 Å². The zero-order valence-corrected chi connectivity index (χ0v) is 18.3. The van der Waals surface area contributed by atoms with E-state index >= 15 is 0 Å². The van der Waals surface area contributed by atoms with Gasteiger partial charge >= 0.3 is 0 Å². The number of nitrogens with one attached hydrogen (secondary N) is 1. The molecule has 3 aromatic heterocycles. The minimum Gasteiger partial charge on any atom is -0.324 e. The van der Waals surface area contributed by atoms with Crippen LogP contribution in [0.2, 0.25) is 0 Å². The van der Waals surface area contributed by atoms with E-state index in [4.69, 9.17) is 0 Å². The Hall–Kier alpha value is -4.20. The Bertz CT molecular complexity index is 1440. The number of rotatable bonds is 7. The first-order valence-electron chi connectivity index (χ1n) is 11.0. The summed E-state index contributed by atoms with van der Waals surface area (Å²) in [6, 6.07) is 18.3. The SMILES string of the molecule is CCCCc1nc(=O)c2cnccc2n1Cc1ccc(-c2ccccc2-c2nn[nH]n2)cc1. The first-order valence-corrected chi connectivity index (χ1v) is 11.0. The lowest BCUT2D eigenvalue weighted by Gasteiger charge is -2.16. The lowest BCUT2D eigenvalue weighted by atomic mass is 9.98. The van der Waals surface area contributed by atoms with Crippen molar-refractivity contribution in [2.24, 2.45) is 0 Å². The molecule has 0 aliphatic rings. The summed E-state index contributed by atoms with van der Waals surface area (Å²) in [4.78, 5) is 21.0. The normalized spacial score (nSPS) is 11.2. The topological polar surface area (TPSA) is 102 Å². The van der Waals surface area contributed by atoms with Crippen molar-refractivity contribution >= 4 is 10.9 Å². The van der Waals surface area contributed by atoms with Gasteiger partial charge in [0.1, 0.15) is 5.82 Å². The Kier molecular flexibility index (Phi) is 5.72. The predicted molar refractivity (Wildman–Crippen MR) is 127 cm³/mol. The van der Waals surface area contributed by atoms with E-state index in [0.29, 0.717) is 17.8 Å². The molecule has 0 saturated heterocycles. The van der Waals surface area contributed by atoms with Crippen molar-refractivity contribution < 1.29 is 0 Å². The minimum atomic E-state index is -0.214. The number of aryl methyl sites for hydroxylation is 1. The van der Waals surface area contributed by atoms with E-state index < -0.39 is 0 Å². The summed E-state index contributed by atoms with van der Waals surface area (Å²) in [5.74, 6) is 1.38. The molecule has 0 aliphatic carbocycles. The van der Waals surface area contributed by atoms with Gasteiger partial charge in [-0.3, -0.25) is 9.78 Å². The highest BCUT2D eigenvalue weighted by molar-refractivity contribution is 5.80. The number of fused-ring (bicyclic) bond motifs is 1. The van der Waals surface area contributed by atoms with Gasteiger partial charge in [0.2, 0.25) is 5.82 Å². The highest BCUT2D eigenvalue weighted by Crippen LogP contribution is 2.30. The van der Waals surface area contributed by atoms with Gasteiger partial charge in [0.15, 0.2) is 0 Å². The highest BCUT2D eigenvalue weighted by atomic mass is 16.1. The number of nitrogens with zero attached hydrogens (tertiary/aromatic N) is 6. The van der Waals surface area contributed by atoms with E-state index in [1.54, 1.807) is 12.4 Å². The van der Waals surface area contributed by atoms with Gasteiger partial charge in [0.25, 0.3) is 5.56 Å². The molecule has 3 heterocycles. The fourth-order valence-electron chi connectivity index (χ4n) is 4.04. The predicted octanol–water partition coefficient (Wildman–Crippen LogP) is 4.03. The van der Waals surface area contributed by atoms with Gasteiger partial charge in [0.05, 0.1) is 10.9 Å². The van der Waals surface area contributed by atoms with Crippen molar-refractivity contribution in [2.45, 2.75) is 32.7 Å². The van der Waals surface area contributed by atoms with Crippen LogP contribution in [0.25, 0.3) is 33.4 Å². The third-order valence-corrected chi connectivity index (χ3v) is 5.73. The zero-order chi connectivity index (χ0) is 22.6. The van der Waals surface area contributed by atoms with Gasteiger partial charge in [-0.15, -0.1) is 10.2 Å². The number of tetrazole rings is 1. The molecule has 5 aromatic rings. The third-order valence-electron chi connectivity index (χ3n) is 5.73. The smallest absolute Gasteiger partial charge is 0.282 e. The maximum atomic E-state index is 12.5. The average Bonchev–Trinajstić information content (AvgIpc) is 3.40. The average molecular weight is 438 g/mol. The molecular weight excluding hydrogens is 414 g/mol. The second-order valence-electron chi connectivity index (χ2n) is 7.89. The molecule has 5 rings (SSSR count). The van der Waals surface area contributed by atoms with Crippen LogP contribution in [0.1, 0.15) is 31.2 Å². The number of hydrogen-bond acceptors (Lipinski definition) is 6. The van der Waals surface area contributed by atoms with Crippen LogP contribution >= 0.6 is 0 Å². The molecule has 164 valence electrons. The van der Waals surface area contributed by atoms with Crippen LogP contribution in [-0.4, -0.2) is 35.2 Å². The Balaban J connectivity index is 1.51. The minimum absolute atomic E-state index is 0.214.